The molecule has 31 heavy (non-hydrogen) atoms. The normalized spacial score (nSPS) is 17.2. The highest BCUT2D eigenvalue weighted by Gasteiger charge is 2.32. The van der Waals surface area contributed by atoms with Gasteiger partial charge >= 0.3 is 5.97 Å². The van der Waals surface area contributed by atoms with Crippen LogP contribution in [0.5, 0.6) is 11.5 Å². The first-order chi connectivity index (χ1) is 15.1. The van der Waals surface area contributed by atoms with Gasteiger partial charge in [-0.25, -0.2) is 4.79 Å². The molecule has 0 saturated carbocycles. The molecular formula is C23H22N2O4S2. The lowest BCUT2D eigenvalue weighted by molar-refractivity contribution is 0.0733. The lowest BCUT2D eigenvalue weighted by Gasteiger charge is -2.27. The molecule has 8 heteroatoms. The van der Waals surface area contributed by atoms with Crippen molar-refractivity contribution in [2.24, 2.45) is 0 Å². The maximum Gasteiger partial charge on any atom is 0.353 e. The zero-order valence-corrected chi connectivity index (χ0v) is 18.7. The first kappa shape index (κ1) is 20.1. The number of esters is 1. The molecule has 0 spiro atoms. The van der Waals surface area contributed by atoms with Crippen molar-refractivity contribution in [2.75, 3.05) is 11.9 Å². The molecule has 3 heterocycles. The van der Waals surface area contributed by atoms with Gasteiger partial charge in [0.15, 0.2) is 11.5 Å². The van der Waals surface area contributed by atoms with Crippen LogP contribution in [-0.4, -0.2) is 18.5 Å². The Balaban J connectivity index is 1.41. The number of aryl methyl sites for hydroxylation is 1. The van der Waals surface area contributed by atoms with Crippen LogP contribution in [0.1, 0.15) is 62.0 Å². The molecule has 1 atom stereocenters. The molecule has 0 saturated heterocycles. The van der Waals surface area contributed by atoms with Crippen molar-refractivity contribution in [3.63, 3.8) is 0 Å². The summed E-state index contributed by atoms with van der Waals surface area (Å²) in [6, 6.07) is 8.91. The zero-order chi connectivity index (χ0) is 21.4. The minimum atomic E-state index is -0.415. The van der Waals surface area contributed by atoms with Crippen molar-refractivity contribution in [3.8, 4) is 11.5 Å². The Morgan fingerprint density at radius 3 is 2.84 bits per heavy atom. The van der Waals surface area contributed by atoms with Crippen LogP contribution in [-0.2, 0) is 12.8 Å². The van der Waals surface area contributed by atoms with E-state index in [2.05, 4.69) is 10.6 Å². The summed E-state index contributed by atoms with van der Waals surface area (Å²) < 4.78 is 11.3. The minimum Gasteiger partial charge on any atom is -0.490 e. The van der Waals surface area contributed by atoms with Gasteiger partial charge in [-0.05, 0) is 67.3 Å². The third-order valence-electron chi connectivity index (χ3n) is 5.48. The maximum absolute atomic E-state index is 12.9. The summed E-state index contributed by atoms with van der Waals surface area (Å²) in [6.07, 6.45) is 3.96. The summed E-state index contributed by atoms with van der Waals surface area (Å²) in [6.45, 7) is 2.31. The van der Waals surface area contributed by atoms with Crippen molar-refractivity contribution >= 4 is 39.6 Å². The Labute approximate surface area is 188 Å². The lowest BCUT2D eigenvalue weighted by atomic mass is 9.94. The Bertz CT molecular complexity index is 1140. The monoisotopic (exact) mass is 454 g/mol. The van der Waals surface area contributed by atoms with E-state index in [1.807, 2.05) is 30.5 Å². The number of amides is 1. The van der Waals surface area contributed by atoms with E-state index in [1.165, 1.54) is 28.2 Å². The quantitative estimate of drug-likeness (QED) is 0.411. The molecule has 3 aromatic rings. The smallest absolute Gasteiger partial charge is 0.353 e. The Morgan fingerprint density at radius 2 is 2.03 bits per heavy atom. The van der Waals surface area contributed by atoms with E-state index in [0.717, 1.165) is 35.4 Å². The SMILES string of the molecule is CCOc1cc([C@H]2NC(=O)c3c(sc4c3CCCC4)N2)ccc1OC(=O)c1cccs1. The summed E-state index contributed by atoms with van der Waals surface area (Å²) in [5.41, 5.74) is 2.85. The van der Waals surface area contributed by atoms with Crippen LogP contribution in [0.15, 0.2) is 35.7 Å². The van der Waals surface area contributed by atoms with Crippen molar-refractivity contribution in [2.45, 2.75) is 38.8 Å². The van der Waals surface area contributed by atoms with E-state index in [9.17, 15) is 9.59 Å². The number of thiophene rings is 2. The van der Waals surface area contributed by atoms with Gasteiger partial charge in [0.25, 0.3) is 5.91 Å². The fourth-order valence-corrected chi connectivity index (χ4v) is 5.96. The first-order valence-electron chi connectivity index (χ1n) is 10.4. The number of hydrogen-bond donors (Lipinski definition) is 2. The van der Waals surface area contributed by atoms with E-state index in [0.29, 0.717) is 23.0 Å². The molecule has 1 aliphatic heterocycles. The molecule has 5 rings (SSSR count). The summed E-state index contributed by atoms with van der Waals surface area (Å²) in [7, 11) is 0. The van der Waals surface area contributed by atoms with E-state index >= 15 is 0 Å². The van der Waals surface area contributed by atoms with Crippen molar-refractivity contribution in [1.82, 2.24) is 5.32 Å². The van der Waals surface area contributed by atoms with Crippen LogP contribution in [0.2, 0.25) is 0 Å². The van der Waals surface area contributed by atoms with Gasteiger partial charge in [-0.2, -0.15) is 0 Å². The lowest BCUT2D eigenvalue weighted by Crippen LogP contribution is -2.38. The van der Waals surface area contributed by atoms with Crippen LogP contribution in [0.3, 0.4) is 0 Å². The number of carbonyl (C=O) groups excluding carboxylic acids is 2. The minimum absolute atomic E-state index is 0.0377. The Morgan fingerprint density at radius 1 is 1.16 bits per heavy atom. The van der Waals surface area contributed by atoms with Crippen LogP contribution in [0.4, 0.5) is 5.00 Å². The fraction of sp³-hybridized carbons (Fsp3) is 0.304. The third kappa shape index (κ3) is 3.81. The van der Waals surface area contributed by atoms with Crippen molar-refractivity contribution in [1.29, 1.82) is 0 Å². The Kier molecular flexibility index (Phi) is 5.41. The van der Waals surface area contributed by atoms with Crippen LogP contribution >= 0.6 is 22.7 Å². The number of anilines is 1. The average Bonchev–Trinajstić information content (AvgIpc) is 3.43. The number of fused-ring (bicyclic) bond motifs is 3. The summed E-state index contributed by atoms with van der Waals surface area (Å²) in [5.74, 6) is 0.376. The van der Waals surface area contributed by atoms with Crippen molar-refractivity contribution in [3.05, 3.63) is 62.2 Å². The van der Waals surface area contributed by atoms with E-state index in [1.54, 1.807) is 23.5 Å². The molecule has 160 valence electrons. The van der Waals surface area contributed by atoms with Gasteiger partial charge in [0.1, 0.15) is 16.0 Å². The number of nitrogens with one attached hydrogen (secondary N) is 2. The van der Waals surface area contributed by atoms with Gasteiger partial charge in [0, 0.05) is 4.88 Å². The predicted octanol–water partition coefficient (Wildman–Crippen LogP) is 5.16. The first-order valence-corrected chi connectivity index (χ1v) is 12.1. The van der Waals surface area contributed by atoms with Crippen molar-refractivity contribution < 1.29 is 19.1 Å². The molecule has 1 aromatic carbocycles. The van der Waals surface area contributed by atoms with Gasteiger partial charge in [-0.15, -0.1) is 22.7 Å². The summed E-state index contributed by atoms with van der Waals surface area (Å²) in [4.78, 5) is 27.1. The van der Waals surface area contributed by atoms with Gasteiger partial charge in [0.2, 0.25) is 0 Å². The topological polar surface area (TPSA) is 76.7 Å². The molecule has 6 nitrogen and oxygen atoms in total. The molecule has 0 bridgehead atoms. The number of rotatable bonds is 5. The number of hydrogen-bond acceptors (Lipinski definition) is 7. The molecule has 1 amide bonds. The Hall–Kier alpha value is -2.84. The second kappa shape index (κ2) is 8.36. The number of carbonyl (C=O) groups is 2. The molecule has 0 fully saturated rings. The summed E-state index contributed by atoms with van der Waals surface area (Å²) >= 11 is 3.02. The molecule has 0 radical (unpaired) electrons. The number of benzene rings is 1. The predicted molar refractivity (Wildman–Crippen MR) is 122 cm³/mol. The van der Waals surface area contributed by atoms with E-state index < -0.39 is 5.97 Å². The molecule has 0 unspecified atom stereocenters. The molecule has 2 N–H and O–H groups in total. The molecular weight excluding hydrogens is 432 g/mol. The highest BCUT2D eigenvalue weighted by atomic mass is 32.1. The highest BCUT2D eigenvalue weighted by molar-refractivity contribution is 7.16. The second-order valence-corrected chi connectivity index (χ2v) is 9.52. The van der Waals surface area contributed by atoms with Crippen LogP contribution in [0.25, 0.3) is 0 Å². The molecule has 2 aromatic heterocycles. The fourth-order valence-electron chi connectivity index (χ4n) is 4.05. The van der Waals surface area contributed by atoms with Crippen LogP contribution < -0.4 is 20.1 Å². The molecule has 2 aliphatic rings. The zero-order valence-electron chi connectivity index (χ0n) is 17.0. The second-order valence-electron chi connectivity index (χ2n) is 7.47. The summed E-state index contributed by atoms with van der Waals surface area (Å²) in [5, 5.41) is 9.32. The molecule has 1 aliphatic carbocycles. The largest absolute Gasteiger partial charge is 0.490 e. The highest BCUT2D eigenvalue weighted by Crippen LogP contribution is 2.42. The maximum atomic E-state index is 12.9. The average molecular weight is 455 g/mol. The third-order valence-corrected chi connectivity index (χ3v) is 7.55. The van der Waals surface area contributed by atoms with E-state index in [4.69, 9.17) is 9.47 Å². The standard InChI is InChI=1S/C23H22N2O4S2/c1-2-28-16-12-13(9-10-15(16)29-23(27)18-8-5-11-30-18)20-24-21(26)19-14-6-3-4-7-17(14)31-22(19)25-20/h5,8-12,20,25H,2-4,6-7H2,1H3,(H,24,26)/t20-/m0/s1. The van der Waals surface area contributed by atoms with E-state index in [-0.39, 0.29) is 12.1 Å². The van der Waals surface area contributed by atoms with Crippen LogP contribution in [0, 0.1) is 0 Å². The van der Waals surface area contributed by atoms with Gasteiger partial charge in [-0.1, -0.05) is 12.1 Å². The van der Waals surface area contributed by atoms with Gasteiger partial charge in [-0.3, -0.25) is 4.79 Å². The van der Waals surface area contributed by atoms with Gasteiger partial charge < -0.3 is 20.1 Å². The number of ether oxygens (including phenoxy) is 2. The van der Waals surface area contributed by atoms with Gasteiger partial charge in [0.05, 0.1) is 12.2 Å².